The summed E-state index contributed by atoms with van der Waals surface area (Å²) in [7, 11) is 0. The number of hydrogen-bond donors (Lipinski definition) is 2. The summed E-state index contributed by atoms with van der Waals surface area (Å²) in [6.45, 7) is 4.06. The summed E-state index contributed by atoms with van der Waals surface area (Å²) in [5.41, 5.74) is 5.55. The quantitative estimate of drug-likeness (QED) is 0.803. The Morgan fingerprint density at radius 2 is 1.75 bits per heavy atom. The Bertz CT molecular complexity index is 353. The average molecular weight is 281 g/mol. The highest BCUT2D eigenvalue weighted by atomic mass is 16.2. The van der Waals surface area contributed by atoms with Gasteiger partial charge in [-0.3, -0.25) is 9.59 Å². The van der Waals surface area contributed by atoms with Crippen molar-refractivity contribution in [1.29, 1.82) is 0 Å². The van der Waals surface area contributed by atoms with Crippen molar-refractivity contribution in [3.63, 3.8) is 0 Å². The van der Waals surface area contributed by atoms with E-state index < -0.39 is 0 Å². The summed E-state index contributed by atoms with van der Waals surface area (Å²) >= 11 is 0. The molecule has 0 spiro atoms. The van der Waals surface area contributed by atoms with Crippen molar-refractivity contribution in [1.82, 2.24) is 10.2 Å². The fourth-order valence-electron chi connectivity index (χ4n) is 3.32. The van der Waals surface area contributed by atoms with Crippen LogP contribution in [0.2, 0.25) is 0 Å². The summed E-state index contributed by atoms with van der Waals surface area (Å²) < 4.78 is 0. The normalized spacial score (nSPS) is 28.2. The van der Waals surface area contributed by atoms with Crippen LogP contribution in [0.3, 0.4) is 0 Å². The van der Waals surface area contributed by atoms with Crippen molar-refractivity contribution in [2.24, 2.45) is 17.6 Å². The van der Waals surface area contributed by atoms with Gasteiger partial charge in [-0.05, 0) is 32.6 Å². The summed E-state index contributed by atoms with van der Waals surface area (Å²) in [4.78, 5) is 26.9. The second-order valence-electron chi connectivity index (χ2n) is 6.18. The minimum absolute atomic E-state index is 0.0141. The Hall–Kier alpha value is -1.10. The Labute approximate surface area is 121 Å². The highest BCUT2D eigenvalue weighted by Gasteiger charge is 2.38. The molecule has 1 heterocycles. The van der Waals surface area contributed by atoms with Crippen LogP contribution in [0, 0.1) is 11.8 Å². The molecule has 3 atom stereocenters. The van der Waals surface area contributed by atoms with Crippen molar-refractivity contribution >= 4 is 11.8 Å². The van der Waals surface area contributed by atoms with E-state index in [-0.39, 0.29) is 29.7 Å². The molecule has 3 N–H and O–H groups in total. The molecule has 1 saturated carbocycles. The molecule has 5 nitrogen and oxygen atoms in total. The number of nitrogens with zero attached hydrogens (tertiary/aromatic N) is 1. The zero-order chi connectivity index (χ0) is 14.5. The predicted octanol–water partition coefficient (Wildman–Crippen LogP) is 0.879. The number of carbonyl (C=O) groups excluding carboxylic acids is 2. The van der Waals surface area contributed by atoms with Crippen LogP contribution in [0.1, 0.15) is 45.4 Å². The molecule has 1 aliphatic heterocycles. The largest absolute Gasteiger partial charge is 0.352 e. The molecule has 2 rings (SSSR count). The van der Waals surface area contributed by atoms with Gasteiger partial charge in [0.05, 0.1) is 0 Å². The number of amides is 2. The molecule has 5 heteroatoms. The molecule has 2 fully saturated rings. The van der Waals surface area contributed by atoms with Gasteiger partial charge < -0.3 is 16.0 Å². The van der Waals surface area contributed by atoms with Gasteiger partial charge >= 0.3 is 0 Å². The lowest BCUT2D eigenvalue weighted by molar-refractivity contribution is -0.143. The molecule has 0 bridgehead atoms. The number of nitrogens with one attached hydrogen (secondary N) is 1. The molecule has 1 aliphatic carbocycles. The maximum absolute atomic E-state index is 12.6. The first-order valence-electron chi connectivity index (χ1n) is 7.92. The van der Waals surface area contributed by atoms with Crippen LogP contribution in [0.15, 0.2) is 0 Å². The number of rotatable bonds is 4. The van der Waals surface area contributed by atoms with Gasteiger partial charge in [0.1, 0.15) is 0 Å². The predicted molar refractivity (Wildman–Crippen MR) is 77.9 cm³/mol. The molecule has 2 aliphatic rings. The van der Waals surface area contributed by atoms with Gasteiger partial charge in [-0.2, -0.15) is 0 Å². The van der Waals surface area contributed by atoms with Crippen LogP contribution < -0.4 is 11.1 Å². The minimum atomic E-state index is -0.161. The summed E-state index contributed by atoms with van der Waals surface area (Å²) in [6.07, 6.45) is 5.97. The summed E-state index contributed by atoms with van der Waals surface area (Å²) in [5, 5.41) is 2.94. The van der Waals surface area contributed by atoms with Crippen LogP contribution in [0.4, 0.5) is 0 Å². The van der Waals surface area contributed by atoms with E-state index in [2.05, 4.69) is 5.32 Å². The monoisotopic (exact) mass is 281 g/mol. The first-order valence-corrected chi connectivity index (χ1v) is 7.92. The zero-order valence-corrected chi connectivity index (χ0v) is 12.4. The molecule has 2 amide bonds. The minimum Gasteiger partial charge on any atom is -0.352 e. The lowest BCUT2D eigenvalue weighted by Crippen LogP contribution is -2.47. The molecule has 0 aromatic rings. The lowest BCUT2D eigenvalue weighted by Gasteiger charge is -2.33. The standard InChI is InChI=1S/C15H27N3O2/c1-11(10-16)17-14(19)12-6-2-3-7-13(12)15(20)18-8-4-5-9-18/h11-13H,2-10,16H2,1H3,(H,17,19)/t11-,12?,13?/m0/s1. The Kier molecular flexibility index (Phi) is 5.40. The lowest BCUT2D eigenvalue weighted by atomic mass is 9.77. The van der Waals surface area contributed by atoms with E-state index in [1.807, 2.05) is 11.8 Å². The van der Waals surface area contributed by atoms with E-state index >= 15 is 0 Å². The van der Waals surface area contributed by atoms with E-state index in [4.69, 9.17) is 5.73 Å². The fourth-order valence-corrected chi connectivity index (χ4v) is 3.32. The highest BCUT2D eigenvalue weighted by molar-refractivity contribution is 5.88. The van der Waals surface area contributed by atoms with Crippen LogP contribution in [0.25, 0.3) is 0 Å². The van der Waals surface area contributed by atoms with Crippen molar-refractivity contribution in [2.75, 3.05) is 19.6 Å². The van der Waals surface area contributed by atoms with E-state index in [1.165, 1.54) is 0 Å². The fraction of sp³-hybridized carbons (Fsp3) is 0.867. The first-order chi connectivity index (χ1) is 9.63. The molecule has 0 aromatic heterocycles. The van der Waals surface area contributed by atoms with Crippen molar-refractivity contribution in [2.45, 2.75) is 51.5 Å². The Balaban J connectivity index is 2.00. The molecule has 0 aromatic carbocycles. The smallest absolute Gasteiger partial charge is 0.226 e. The second-order valence-corrected chi connectivity index (χ2v) is 6.18. The molecule has 0 radical (unpaired) electrons. The topological polar surface area (TPSA) is 75.4 Å². The molecule has 2 unspecified atom stereocenters. The van der Waals surface area contributed by atoms with Crippen LogP contribution in [0.5, 0.6) is 0 Å². The van der Waals surface area contributed by atoms with Gasteiger partial charge in [-0.1, -0.05) is 12.8 Å². The number of hydrogen-bond acceptors (Lipinski definition) is 3. The van der Waals surface area contributed by atoms with Crippen molar-refractivity contribution in [3.05, 3.63) is 0 Å². The Morgan fingerprint density at radius 1 is 1.15 bits per heavy atom. The Morgan fingerprint density at radius 3 is 2.35 bits per heavy atom. The molecular weight excluding hydrogens is 254 g/mol. The zero-order valence-electron chi connectivity index (χ0n) is 12.4. The maximum atomic E-state index is 12.6. The number of likely N-dealkylation sites (tertiary alicyclic amines) is 1. The van der Waals surface area contributed by atoms with Gasteiger partial charge in [-0.15, -0.1) is 0 Å². The first kappa shape index (κ1) is 15.3. The molecule has 20 heavy (non-hydrogen) atoms. The van der Waals surface area contributed by atoms with Crippen molar-refractivity contribution in [3.8, 4) is 0 Å². The maximum Gasteiger partial charge on any atom is 0.226 e. The molecular formula is C15H27N3O2. The van der Waals surface area contributed by atoms with Crippen LogP contribution in [-0.4, -0.2) is 42.4 Å². The van der Waals surface area contributed by atoms with E-state index in [9.17, 15) is 9.59 Å². The molecule has 1 saturated heterocycles. The molecule has 114 valence electrons. The van der Waals surface area contributed by atoms with E-state index in [0.717, 1.165) is 51.6 Å². The number of nitrogens with two attached hydrogens (primary N) is 1. The second kappa shape index (κ2) is 7.07. The SMILES string of the molecule is C[C@@H](CN)NC(=O)C1CCCCC1C(=O)N1CCCC1. The van der Waals surface area contributed by atoms with Gasteiger partial charge in [-0.25, -0.2) is 0 Å². The summed E-state index contributed by atoms with van der Waals surface area (Å²) in [6, 6.07) is -0.0213. The average Bonchev–Trinajstić information content (AvgIpc) is 3.00. The van der Waals surface area contributed by atoms with E-state index in [1.54, 1.807) is 0 Å². The van der Waals surface area contributed by atoms with Crippen LogP contribution >= 0.6 is 0 Å². The van der Waals surface area contributed by atoms with Crippen molar-refractivity contribution < 1.29 is 9.59 Å². The van der Waals surface area contributed by atoms with Gasteiger partial charge in [0.15, 0.2) is 0 Å². The van der Waals surface area contributed by atoms with Gasteiger partial charge in [0.25, 0.3) is 0 Å². The van der Waals surface area contributed by atoms with Crippen LogP contribution in [-0.2, 0) is 9.59 Å². The van der Waals surface area contributed by atoms with E-state index in [0.29, 0.717) is 6.54 Å². The number of carbonyl (C=O) groups is 2. The van der Waals surface area contributed by atoms with Gasteiger partial charge in [0.2, 0.25) is 11.8 Å². The highest BCUT2D eigenvalue weighted by Crippen LogP contribution is 2.32. The third-order valence-electron chi connectivity index (χ3n) is 4.58. The summed E-state index contributed by atoms with van der Waals surface area (Å²) in [5.74, 6) is -0.0689. The third kappa shape index (κ3) is 3.51. The third-order valence-corrected chi connectivity index (χ3v) is 4.58. The van der Waals surface area contributed by atoms with Gasteiger partial charge in [0, 0.05) is 37.5 Å².